The number of hydrazine groups is 1. The second-order valence-electron chi connectivity index (χ2n) is 5.77. The Bertz CT molecular complexity index is 465. The molecular formula is C15H24N4O. The van der Waals surface area contributed by atoms with E-state index in [0.29, 0.717) is 23.2 Å². The van der Waals surface area contributed by atoms with E-state index in [4.69, 9.17) is 5.84 Å². The molecule has 5 heteroatoms. The van der Waals surface area contributed by atoms with Gasteiger partial charge in [-0.2, -0.15) is 0 Å². The van der Waals surface area contributed by atoms with Crippen LogP contribution in [0.5, 0.6) is 0 Å². The average molecular weight is 276 g/mol. The van der Waals surface area contributed by atoms with E-state index in [-0.39, 0.29) is 5.91 Å². The normalized spacial score (nSPS) is 18.6. The lowest BCUT2D eigenvalue weighted by Gasteiger charge is -2.19. The molecule has 1 atom stereocenters. The number of likely N-dealkylation sites (tertiary alicyclic amines) is 1. The molecule has 1 amide bonds. The van der Waals surface area contributed by atoms with Crippen LogP contribution in [0.1, 0.15) is 43.2 Å². The smallest absolute Gasteiger partial charge is 0.254 e. The van der Waals surface area contributed by atoms with Gasteiger partial charge in [0.1, 0.15) is 5.82 Å². The number of aryl methyl sites for hydroxylation is 1. The number of nitrogens with one attached hydrogen (secondary N) is 1. The van der Waals surface area contributed by atoms with Gasteiger partial charge in [0.2, 0.25) is 0 Å². The van der Waals surface area contributed by atoms with Crippen molar-refractivity contribution in [1.82, 2.24) is 9.88 Å². The number of carbonyl (C=O) groups is 1. The van der Waals surface area contributed by atoms with Crippen molar-refractivity contribution in [2.45, 2.75) is 33.6 Å². The van der Waals surface area contributed by atoms with E-state index in [1.165, 1.54) is 0 Å². The Balaban J connectivity index is 2.17. The molecule has 0 radical (unpaired) electrons. The first kappa shape index (κ1) is 14.8. The second kappa shape index (κ2) is 6.22. The molecule has 0 aromatic carbocycles. The van der Waals surface area contributed by atoms with Crippen molar-refractivity contribution >= 4 is 11.7 Å². The van der Waals surface area contributed by atoms with Gasteiger partial charge in [-0.05, 0) is 36.8 Å². The maximum absolute atomic E-state index is 12.6. The number of hydrogen-bond donors (Lipinski definition) is 2. The average Bonchev–Trinajstić information content (AvgIpc) is 2.95. The number of nitrogens with two attached hydrogens (primary N) is 1. The summed E-state index contributed by atoms with van der Waals surface area (Å²) in [5.74, 6) is 7.29. The van der Waals surface area contributed by atoms with Gasteiger partial charge in [0.25, 0.3) is 5.91 Å². The lowest BCUT2D eigenvalue weighted by Crippen LogP contribution is -2.29. The molecule has 20 heavy (non-hydrogen) atoms. The minimum Gasteiger partial charge on any atom is -0.338 e. The molecule has 0 aliphatic carbocycles. The monoisotopic (exact) mass is 276 g/mol. The Kier molecular flexibility index (Phi) is 4.60. The standard InChI is InChI=1S/C15H24N4O/c1-4-13-7-12(8-14(17-13)18-16)15(20)19-6-5-11(9-19)10(2)3/h7-8,10-11H,4-6,9,16H2,1-3H3,(H,17,18). The molecule has 3 N–H and O–H groups in total. The van der Waals surface area contributed by atoms with Crippen LogP contribution in [0.25, 0.3) is 0 Å². The first-order chi connectivity index (χ1) is 9.55. The number of aromatic nitrogens is 1. The minimum atomic E-state index is 0.0850. The van der Waals surface area contributed by atoms with Gasteiger partial charge in [0.15, 0.2) is 0 Å². The molecule has 0 saturated carbocycles. The first-order valence-corrected chi connectivity index (χ1v) is 7.32. The Morgan fingerprint density at radius 2 is 2.30 bits per heavy atom. The summed E-state index contributed by atoms with van der Waals surface area (Å²) in [4.78, 5) is 18.8. The van der Waals surface area contributed by atoms with Gasteiger partial charge in [-0.3, -0.25) is 4.79 Å². The van der Waals surface area contributed by atoms with Gasteiger partial charge < -0.3 is 10.3 Å². The van der Waals surface area contributed by atoms with Crippen molar-refractivity contribution in [3.63, 3.8) is 0 Å². The third kappa shape index (κ3) is 3.10. The fraction of sp³-hybridized carbons (Fsp3) is 0.600. The number of nitrogens with zero attached hydrogens (tertiary/aromatic N) is 2. The van der Waals surface area contributed by atoms with Crippen LogP contribution < -0.4 is 11.3 Å². The van der Waals surface area contributed by atoms with Crippen molar-refractivity contribution in [2.24, 2.45) is 17.7 Å². The molecule has 2 rings (SSSR count). The molecule has 110 valence electrons. The zero-order valence-corrected chi connectivity index (χ0v) is 12.5. The van der Waals surface area contributed by atoms with Gasteiger partial charge >= 0.3 is 0 Å². The summed E-state index contributed by atoms with van der Waals surface area (Å²) in [7, 11) is 0. The molecule has 1 aromatic rings. The van der Waals surface area contributed by atoms with Crippen molar-refractivity contribution in [2.75, 3.05) is 18.5 Å². The topological polar surface area (TPSA) is 71.2 Å². The van der Waals surface area contributed by atoms with Gasteiger partial charge in [0.05, 0.1) is 0 Å². The predicted molar refractivity (Wildman–Crippen MR) is 80.3 cm³/mol. The fourth-order valence-electron chi connectivity index (χ4n) is 2.66. The van der Waals surface area contributed by atoms with Crippen LogP contribution >= 0.6 is 0 Å². The summed E-state index contributed by atoms with van der Waals surface area (Å²) in [5, 5.41) is 0. The summed E-state index contributed by atoms with van der Waals surface area (Å²) in [6.07, 6.45) is 1.88. The molecule has 1 unspecified atom stereocenters. The van der Waals surface area contributed by atoms with Crippen LogP contribution in [0.2, 0.25) is 0 Å². The summed E-state index contributed by atoms with van der Waals surface area (Å²) < 4.78 is 0. The predicted octanol–water partition coefficient (Wildman–Crippen LogP) is 2.05. The molecular weight excluding hydrogens is 252 g/mol. The van der Waals surface area contributed by atoms with Crippen molar-refractivity contribution in [1.29, 1.82) is 0 Å². The van der Waals surface area contributed by atoms with E-state index in [1.807, 2.05) is 17.9 Å². The maximum atomic E-state index is 12.6. The Morgan fingerprint density at radius 1 is 1.55 bits per heavy atom. The van der Waals surface area contributed by atoms with Crippen molar-refractivity contribution in [3.05, 3.63) is 23.4 Å². The van der Waals surface area contributed by atoms with E-state index < -0.39 is 0 Å². The summed E-state index contributed by atoms with van der Waals surface area (Å²) in [5.41, 5.74) is 4.09. The van der Waals surface area contributed by atoms with Gasteiger partial charge in [-0.1, -0.05) is 20.8 Å². The molecule has 1 aromatic heterocycles. The number of amides is 1. The minimum absolute atomic E-state index is 0.0850. The number of hydrogen-bond acceptors (Lipinski definition) is 4. The Morgan fingerprint density at radius 3 is 2.85 bits per heavy atom. The zero-order chi connectivity index (χ0) is 14.7. The molecule has 1 fully saturated rings. The van der Waals surface area contributed by atoms with Crippen LogP contribution in [0.3, 0.4) is 0 Å². The van der Waals surface area contributed by atoms with E-state index in [9.17, 15) is 4.79 Å². The highest BCUT2D eigenvalue weighted by molar-refractivity contribution is 5.95. The second-order valence-corrected chi connectivity index (χ2v) is 5.77. The van der Waals surface area contributed by atoms with E-state index in [0.717, 1.165) is 31.6 Å². The van der Waals surface area contributed by atoms with Gasteiger partial charge in [-0.15, -0.1) is 0 Å². The molecule has 0 bridgehead atoms. The van der Waals surface area contributed by atoms with Crippen molar-refractivity contribution in [3.8, 4) is 0 Å². The van der Waals surface area contributed by atoms with Crippen LogP contribution in [0, 0.1) is 11.8 Å². The Labute approximate surface area is 120 Å². The highest BCUT2D eigenvalue weighted by atomic mass is 16.2. The third-order valence-corrected chi connectivity index (χ3v) is 4.09. The first-order valence-electron chi connectivity index (χ1n) is 7.32. The third-order valence-electron chi connectivity index (χ3n) is 4.09. The number of pyridine rings is 1. The largest absolute Gasteiger partial charge is 0.338 e. The lowest BCUT2D eigenvalue weighted by atomic mass is 9.95. The number of rotatable bonds is 4. The number of carbonyl (C=O) groups excluding carboxylic acids is 1. The lowest BCUT2D eigenvalue weighted by molar-refractivity contribution is 0.0784. The molecule has 0 spiro atoms. The van der Waals surface area contributed by atoms with Gasteiger partial charge in [-0.25, -0.2) is 10.8 Å². The zero-order valence-electron chi connectivity index (χ0n) is 12.5. The SMILES string of the molecule is CCc1cc(C(=O)N2CCC(C(C)C)C2)cc(NN)n1. The molecule has 1 saturated heterocycles. The van der Waals surface area contributed by atoms with Crippen LogP contribution in [-0.2, 0) is 6.42 Å². The highest BCUT2D eigenvalue weighted by Gasteiger charge is 2.28. The van der Waals surface area contributed by atoms with E-state index in [2.05, 4.69) is 24.3 Å². The van der Waals surface area contributed by atoms with Gasteiger partial charge in [0, 0.05) is 24.3 Å². The van der Waals surface area contributed by atoms with Crippen LogP contribution in [0.4, 0.5) is 5.82 Å². The molecule has 1 aliphatic heterocycles. The summed E-state index contributed by atoms with van der Waals surface area (Å²) >= 11 is 0. The molecule has 2 heterocycles. The van der Waals surface area contributed by atoms with Crippen LogP contribution in [0.15, 0.2) is 12.1 Å². The molecule has 1 aliphatic rings. The number of nitrogen functional groups attached to an aromatic ring is 1. The molecule has 5 nitrogen and oxygen atoms in total. The number of anilines is 1. The Hall–Kier alpha value is -1.62. The van der Waals surface area contributed by atoms with Crippen molar-refractivity contribution < 1.29 is 4.79 Å². The summed E-state index contributed by atoms with van der Waals surface area (Å²) in [6, 6.07) is 3.59. The maximum Gasteiger partial charge on any atom is 0.254 e. The fourth-order valence-corrected chi connectivity index (χ4v) is 2.66. The summed E-state index contributed by atoms with van der Waals surface area (Å²) in [6.45, 7) is 8.15. The van der Waals surface area contributed by atoms with Crippen LogP contribution in [-0.4, -0.2) is 28.9 Å². The highest BCUT2D eigenvalue weighted by Crippen LogP contribution is 2.25. The van der Waals surface area contributed by atoms with E-state index in [1.54, 1.807) is 6.07 Å². The quantitative estimate of drug-likeness (QED) is 0.652. The van der Waals surface area contributed by atoms with E-state index >= 15 is 0 Å².